The van der Waals surface area contributed by atoms with E-state index in [-0.39, 0.29) is 16.4 Å². The molecule has 6 nitrogen and oxygen atoms in total. The minimum absolute atomic E-state index is 0.00701. The number of hydrogen-bond acceptors (Lipinski definition) is 6. The summed E-state index contributed by atoms with van der Waals surface area (Å²) in [5.74, 6) is -0.670. The Bertz CT molecular complexity index is 1190. The zero-order valence-electron chi connectivity index (χ0n) is 17.4. The summed E-state index contributed by atoms with van der Waals surface area (Å²) < 4.78 is 10.6. The summed E-state index contributed by atoms with van der Waals surface area (Å²) >= 11 is 7.61. The normalized spacial score (nSPS) is 17.6. The molecule has 1 fully saturated rings. The third-order valence-electron chi connectivity index (χ3n) is 5.11. The Morgan fingerprint density at radius 1 is 1.16 bits per heavy atom. The van der Waals surface area contributed by atoms with Gasteiger partial charge in [0, 0.05) is 16.1 Å². The third kappa shape index (κ3) is 3.85. The Kier molecular flexibility index (Phi) is 6.21. The van der Waals surface area contributed by atoms with Gasteiger partial charge in [-0.05, 0) is 60.8 Å². The summed E-state index contributed by atoms with van der Waals surface area (Å²) in [6.45, 7) is 2.40. The number of rotatable bonds is 6. The van der Waals surface area contributed by atoms with Crippen molar-refractivity contribution in [1.82, 2.24) is 0 Å². The summed E-state index contributed by atoms with van der Waals surface area (Å²) in [4.78, 5) is 28.3. The van der Waals surface area contributed by atoms with E-state index in [1.165, 1.54) is 29.4 Å². The molecule has 2 heterocycles. The highest BCUT2D eigenvalue weighted by molar-refractivity contribution is 7.10. The summed E-state index contributed by atoms with van der Waals surface area (Å²) in [6.07, 6.45) is 0. The Morgan fingerprint density at radius 3 is 2.50 bits per heavy atom. The predicted octanol–water partition coefficient (Wildman–Crippen LogP) is 5.44. The second-order valence-corrected chi connectivity index (χ2v) is 8.35. The number of carbonyl (C=O) groups excluding carboxylic acids is 2. The highest BCUT2D eigenvalue weighted by atomic mass is 35.5. The first kappa shape index (κ1) is 21.9. The summed E-state index contributed by atoms with van der Waals surface area (Å²) in [6, 6.07) is 14.5. The van der Waals surface area contributed by atoms with Crippen molar-refractivity contribution in [3.8, 4) is 11.5 Å². The van der Waals surface area contributed by atoms with Crippen molar-refractivity contribution in [3.63, 3.8) is 0 Å². The number of thiophene rings is 1. The predicted molar refractivity (Wildman–Crippen MR) is 125 cm³/mol. The molecule has 1 aliphatic heterocycles. The molecule has 1 amide bonds. The van der Waals surface area contributed by atoms with Gasteiger partial charge in [0.2, 0.25) is 0 Å². The van der Waals surface area contributed by atoms with Gasteiger partial charge in [0.1, 0.15) is 23.3 Å². The molecule has 1 aliphatic rings. The van der Waals surface area contributed by atoms with Gasteiger partial charge in [-0.1, -0.05) is 17.7 Å². The average Bonchev–Trinajstić information content (AvgIpc) is 3.41. The second-order valence-electron chi connectivity index (χ2n) is 6.96. The monoisotopic (exact) mass is 469 g/mol. The van der Waals surface area contributed by atoms with Crippen LogP contribution >= 0.6 is 22.9 Å². The Morgan fingerprint density at radius 2 is 1.91 bits per heavy atom. The molecule has 0 aliphatic carbocycles. The fourth-order valence-electron chi connectivity index (χ4n) is 3.65. The molecule has 32 heavy (non-hydrogen) atoms. The number of benzene rings is 2. The maximum atomic E-state index is 13.1. The number of nitrogens with zero attached hydrogens (tertiary/aromatic N) is 1. The van der Waals surface area contributed by atoms with Crippen LogP contribution in [0.3, 0.4) is 0 Å². The molecule has 8 heteroatoms. The van der Waals surface area contributed by atoms with Crippen molar-refractivity contribution in [2.24, 2.45) is 0 Å². The highest BCUT2D eigenvalue weighted by Crippen LogP contribution is 2.44. The fraction of sp³-hybridized carbons (Fsp3) is 0.167. The van der Waals surface area contributed by atoms with Gasteiger partial charge in [-0.2, -0.15) is 0 Å². The van der Waals surface area contributed by atoms with E-state index in [2.05, 4.69) is 0 Å². The van der Waals surface area contributed by atoms with Gasteiger partial charge in [-0.3, -0.25) is 14.5 Å². The number of anilines is 1. The van der Waals surface area contributed by atoms with Crippen LogP contribution in [0.15, 0.2) is 65.6 Å². The lowest BCUT2D eigenvalue weighted by molar-refractivity contribution is -0.132. The number of halogens is 1. The number of aliphatic hydroxyl groups is 1. The van der Waals surface area contributed by atoms with Crippen molar-refractivity contribution in [2.75, 3.05) is 18.6 Å². The smallest absolute Gasteiger partial charge is 0.300 e. The average molecular weight is 470 g/mol. The van der Waals surface area contributed by atoms with Crippen molar-refractivity contribution < 1.29 is 24.2 Å². The van der Waals surface area contributed by atoms with E-state index in [0.717, 1.165) is 4.88 Å². The number of aliphatic hydroxyl groups excluding tert-OH is 1. The van der Waals surface area contributed by atoms with Crippen molar-refractivity contribution in [1.29, 1.82) is 0 Å². The lowest BCUT2D eigenvalue weighted by Crippen LogP contribution is -2.29. The van der Waals surface area contributed by atoms with Gasteiger partial charge in [-0.25, -0.2) is 0 Å². The first-order valence-electron chi connectivity index (χ1n) is 9.87. The number of carbonyl (C=O) groups is 2. The molecule has 0 spiro atoms. The molecule has 1 unspecified atom stereocenters. The number of ketones is 1. The number of hydrogen-bond donors (Lipinski definition) is 1. The molecular weight excluding hydrogens is 450 g/mol. The molecule has 1 N–H and O–H groups in total. The maximum absolute atomic E-state index is 13.1. The minimum atomic E-state index is -0.770. The second kappa shape index (κ2) is 9.06. The quantitative estimate of drug-likeness (QED) is 0.296. The number of ether oxygens (including phenoxy) is 2. The van der Waals surface area contributed by atoms with E-state index in [9.17, 15) is 14.7 Å². The van der Waals surface area contributed by atoms with Crippen LogP contribution < -0.4 is 14.4 Å². The van der Waals surface area contributed by atoms with E-state index < -0.39 is 17.7 Å². The molecule has 4 rings (SSSR count). The van der Waals surface area contributed by atoms with Crippen LogP contribution in [0.1, 0.15) is 23.4 Å². The van der Waals surface area contributed by atoms with Gasteiger partial charge in [0.15, 0.2) is 0 Å². The van der Waals surface area contributed by atoms with E-state index in [4.69, 9.17) is 21.1 Å². The third-order valence-corrected chi connectivity index (χ3v) is 6.33. The van der Waals surface area contributed by atoms with Crippen LogP contribution in [0.4, 0.5) is 5.69 Å². The van der Waals surface area contributed by atoms with Gasteiger partial charge in [0.25, 0.3) is 11.7 Å². The van der Waals surface area contributed by atoms with Crippen molar-refractivity contribution in [2.45, 2.75) is 13.0 Å². The zero-order chi connectivity index (χ0) is 22.8. The topological polar surface area (TPSA) is 76.1 Å². The van der Waals surface area contributed by atoms with Crippen LogP contribution in [0.5, 0.6) is 11.5 Å². The minimum Gasteiger partial charge on any atom is -0.507 e. The molecular formula is C24H20ClNO5S. The Labute approximate surface area is 194 Å². The number of amides is 1. The lowest BCUT2D eigenvalue weighted by Gasteiger charge is -2.24. The molecule has 1 aromatic heterocycles. The molecule has 0 saturated carbocycles. The largest absolute Gasteiger partial charge is 0.507 e. The molecule has 0 radical (unpaired) electrons. The van der Waals surface area contributed by atoms with Crippen LogP contribution in [0.2, 0.25) is 5.02 Å². The zero-order valence-corrected chi connectivity index (χ0v) is 18.9. The first-order chi connectivity index (χ1) is 15.5. The van der Waals surface area contributed by atoms with Crippen molar-refractivity contribution in [3.05, 3.63) is 81.0 Å². The Balaban J connectivity index is 1.85. The molecule has 1 atom stereocenters. The lowest BCUT2D eigenvalue weighted by atomic mass is 9.99. The first-order valence-corrected chi connectivity index (χ1v) is 11.1. The van der Waals surface area contributed by atoms with Crippen LogP contribution in [0.25, 0.3) is 5.76 Å². The highest BCUT2D eigenvalue weighted by Gasteiger charge is 2.47. The summed E-state index contributed by atoms with van der Waals surface area (Å²) in [7, 11) is 1.49. The molecule has 0 bridgehead atoms. The summed E-state index contributed by atoms with van der Waals surface area (Å²) in [5.41, 5.74) is 0.857. The fourth-order valence-corrected chi connectivity index (χ4v) is 4.73. The number of methoxy groups -OCH3 is 1. The van der Waals surface area contributed by atoms with E-state index in [1.807, 2.05) is 24.4 Å². The Hall–Kier alpha value is -3.29. The van der Waals surface area contributed by atoms with Crippen LogP contribution in [0, 0.1) is 0 Å². The standard InChI is InChI=1S/C24H20ClNO5S/c1-3-31-16-9-7-15(8-10-16)26-21(19-5-4-12-32-19)20(23(28)24(26)29)22(27)14-6-11-18(30-2)17(25)13-14/h4-13,21,27H,3H2,1-2H3/b22-20-. The van der Waals surface area contributed by atoms with E-state index >= 15 is 0 Å². The van der Waals surface area contributed by atoms with Crippen LogP contribution in [-0.4, -0.2) is 30.5 Å². The van der Waals surface area contributed by atoms with Crippen molar-refractivity contribution >= 4 is 46.1 Å². The van der Waals surface area contributed by atoms with E-state index in [1.54, 1.807) is 36.4 Å². The van der Waals surface area contributed by atoms with Gasteiger partial charge >= 0.3 is 0 Å². The van der Waals surface area contributed by atoms with Gasteiger partial charge in [-0.15, -0.1) is 11.3 Å². The van der Waals surface area contributed by atoms with Gasteiger partial charge in [0.05, 0.1) is 24.3 Å². The molecule has 164 valence electrons. The molecule has 3 aromatic rings. The van der Waals surface area contributed by atoms with Crippen LogP contribution in [-0.2, 0) is 9.59 Å². The van der Waals surface area contributed by atoms with Gasteiger partial charge < -0.3 is 14.6 Å². The molecule has 1 saturated heterocycles. The van der Waals surface area contributed by atoms with E-state index in [0.29, 0.717) is 29.4 Å². The number of Topliss-reactive ketones (excluding diaryl/α,β-unsaturated/α-hetero) is 1. The summed E-state index contributed by atoms with van der Waals surface area (Å²) in [5, 5.41) is 13.3. The maximum Gasteiger partial charge on any atom is 0.300 e. The molecule has 2 aromatic carbocycles. The SMILES string of the molecule is CCOc1ccc(N2C(=O)C(=O)/C(=C(\O)c3ccc(OC)c(Cl)c3)C2c2cccs2)cc1.